The average molecular weight is 361 g/mol. The summed E-state index contributed by atoms with van der Waals surface area (Å²) in [5.74, 6) is -4.17. The Labute approximate surface area is 148 Å². The molecule has 0 saturated carbocycles. The monoisotopic (exact) mass is 361 g/mol. The number of halogens is 4. The molecule has 134 valence electrons. The third-order valence-corrected chi connectivity index (χ3v) is 4.03. The Balaban J connectivity index is 1.94. The summed E-state index contributed by atoms with van der Waals surface area (Å²) in [6, 6.07) is 6.79. The van der Waals surface area contributed by atoms with E-state index in [0.29, 0.717) is 35.4 Å². The Kier molecular flexibility index (Phi) is 5.04. The van der Waals surface area contributed by atoms with E-state index in [1.54, 1.807) is 7.05 Å². The van der Waals surface area contributed by atoms with Crippen LogP contribution in [0.15, 0.2) is 47.5 Å². The standard InChI is InChI=1S/C20H15F4NO/c1-25-10-14(6-12-2-4-16(21)18(23)8-12)20(26)15(11-25)7-13-3-5-17(22)19(24)9-13/h2-9H,10-11H2,1H3/b14-6+,15-7+. The molecule has 1 heterocycles. The number of carbonyl (C=O) groups excluding carboxylic acids is 1. The van der Waals surface area contributed by atoms with Gasteiger partial charge in [-0.15, -0.1) is 0 Å². The quantitative estimate of drug-likeness (QED) is 0.590. The maximum atomic E-state index is 13.4. The summed E-state index contributed by atoms with van der Waals surface area (Å²) >= 11 is 0. The van der Waals surface area contributed by atoms with Crippen molar-refractivity contribution in [3.8, 4) is 0 Å². The minimum atomic E-state index is -0.992. The Bertz CT molecular complexity index is 860. The minimum absolute atomic E-state index is 0.266. The summed E-state index contributed by atoms with van der Waals surface area (Å²) in [5, 5.41) is 0. The van der Waals surface area contributed by atoms with E-state index in [2.05, 4.69) is 0 Å². The largest absolute Gasteiger partial charge is 0.298 e. The molecule has 1 saturated heterocycles. The van der Waals surface area contributed by atoms with E-state index in [1.165, 1.54) is 24.3 Å². The topological polar surface area (TPSA) is 20.3 Å². The number of ketones is 1. The van der Waals surface area contributed by atoms with Gasteiger partial charge in [0.05, 0.1) is 0 Å². The molecule has 0 bridgehead atoms. The SMILES string of the molecule is CN1C/C(=C\c2ccc(F)c(F)c2)C(=O)/C(=C/c2ccc(F)c(F)c2)C1. The van der Waals surface area contributed by atoms with Gasteiger partial charge >= 0.3 is 0 Å². The normalized spacial score (nSPS) is 18.7. The number of piperidine rings is 1. The van der Waals surface area contributed by atoms with Crippen LogP contribution >= 0.6 is 0 Å². The van der Waals surface area contributed by atoms with Crippen LogP contribution in [0.3, 0.4) is 0 Å². The highest BCUT2D eigenvalue weighted by Gasteiger charge is 2.24. The van der Waals surface area contributed by atoms with Crippen molar-refractivity contribution >= 4 is 17.9 Å². The van der Waals surface area contributed by atoms with Gasteiger partial charge in [-0.3, -0.25) is 9.69 Å². The highest BCUT2D eigenvalue weighted by Crippen LogP contribution is 2.22. The van der Waals surface area contributed by atoms with Gasteiger partial charge in [0, 0.05) is 24.2 Å². The zero-order valence-electron chi connectivity index (χ0n) is 13.9. The van der Waals surface area contributed by atoms with Crippen LogP contribution < -0.4 is 0 Å². The van der Waals surface area contributed by atoms with Crippen molar-refractivity contribution in [3.63, 3.8) is 0 Å². The maximum absolute atomic E-state index is 13.4. The van der Waals surface area contributed by atoms with Gasteiger partial charge in [0.1, 0.15) is 0 Å². The van der Waals surface area contributed by atoms with E-state index in [-0.39, 0.29) is 5.78 Å². The Morgan fingerprint density at radius 2 is 1.19 bits per heavy atom. The van der Waals surface area contributed by atoms with Gasteiger partial charge < -0.3 is 0 Å². The van der Waals surface area contributed by atoms with Crippen LogP contribution in [0.4, 0.5) is 17.6 Å². The lowest BCUT2D eigenvalue weighted by Gasteiger charge is -2.26. The molecule has 0 unspecified atom stereocenters. The predicted molar refractivity (Wildman–Crippen MR) is 91.2 cm³/mol. The van der Waals surface area contributed by atoms with Crippen molar-refractivity contribution in [1.82, 2.24) is 4.90 Å². The first kappa shape index (κ1) is 18.1. The van der Waals surface area contributed by atoms with E-state index in [0.717, 1.165) is 24.3 Å². The molecule has 2 aromatic rings. The van der Waals surface area contributed by atoms with Gasteiger partial charge in [-0.1, -0.05) is 12.1 Å². The summed E-state index contributed by atoms with van der Waals surface area (Å²) < 4.78 is 52.8. The molecule has 0 aliphatic carbocycles. The van der Waals surface area contributed by atoms with Gasteiger partial charge in [-0.2, -0.15) is 0 Å². The molecule has 3 rings (SSSR count). The highest BCUT2D eigenvalue weighted by atomic mass is 19.2. The zero-order chi connectivity index (χ0) is 18.8. The van der Waals surface area contributed by atoms with Crippen molar-refractivity contribution < 1.29 is 22.4 Å². The van der Waals surface area contributed by atoms with Crippen molar-refractivity contribution in [2.75, 3.05) is 20.1 Å². The average Bonchev–Trinajstić information content (AvgIpc) is 2.58. The number of benzene rings is 2. The lowest BCUT2D eigenvalue weighted by Crippen LogP contribution is -2.34. The first-order valence-electron chi connectivity index (χ1n) is 7.88. The highest BCUT2D eigenvalue weighted by molar-refractivity contribution is 6.14. The maximum Gasteiger partial charge on any atom is 0.187 e. The van der Waals surface area contributed by atoms with Crippen molar-refractivity contribution in [2.45, 2.75) is 0 Å². The minimum Gasteiger partial charge on any atom is -0.298 e. The number of carbonyl (C=O) groups is 1. The number of Topliss-reactive ketones (excluding diaryl/α,β-unsaturated/α-hetero) is 1. The molecule has 2 nitrogen and oxygen atoms in total. The predicted octanol–water partition coefficient (Wildman–Crippen LogP) is 4.22. The van der Waals surface area contributed by atoms with Crippen LogP contribution in [0.2, 0.25) is 0 Å². The molecule has 1 aliphatic rings. The number of rotatable bonds is 2. The fourth-order valence-corrected chi connectivity index (χ4v) is 2.82. The van der Waals surface area contributed by atoms with E-state index in [9.17, 15) is 22.4 Å². The summed E-state index contributed by atoms with van der Waals surface area (Å²) in [4.78, 5) is 14.5. The van der Waals surface area contributed by atoms with Gasteiger partial charge in [0.2, 0.25) is 0 Å². The Morgan fingerprint density at radius 3 is 1.58 bits per heavy atom. The van der Waals surface area contributed by atoms with Gasteiger partial charge in [-0.05, 0) is 54.6 Å². The smallest absolute Gasteiger partial charge is 0.187 e. The molecule has 1 aliphatic heterocycles. The molecule has 0 amide bonds. The van der Waals surface area contributed by atoms with Crippen LogP contribution in [-0.2, 0) is 4.79 Å². The molecule has 0 spiro atoms. The van der Waals surface area contributed by atoms with Crippen LogP contribution in [0.1, 0.15) is 11.1 Å². The lowest BCUT2D eigenvalue weighted by molar-refractivity contribution is -0.113. The fourth-order valence-electron chi connectivity index (χ4n) is 2.82. The molecule has 0 atom stereocenters. The summed E-state index contributed by atoms with van der Waals surface area (Å²) in [5.41, 5.74) is 1.54. The molecule has 6 heteroatoms. The third-order valence-electron chi connectivity index (χ3n) is 4.03. The number of nitrogens with zero attached hydrogens (tertiary/aromatic N) is 1. The first-order valence-corrected chi connectivity index (χ1v) is 7.88. The fraction of sp³-hybridized carbons (Fsp3) is 0.150. The zero-order valence-corrected chi connectivity index (χ0v) is 13.9. The number of hydrogen-bond acceptors (Lipinski definition) is 2. The van der Waals surface area contributed by atoms with Crippen molar-refractivity contribution in [2.24, 2.45) is 0 Å². The van der Waals surface area contributed by atoms with Crippen molar-refractivity contribution in [1.29, 1.82) is 0 Å². The van der Waals surface area contributed by atoms with Gasteiger partial charge in [-0.25, -0.2) is 17.6 Å². The number of hydrogen-bond donors (Lipinski definition) is 0. The van der Waals surface area contributed by atoms with E-state index < -0.39 is 23.3 Å². The van der Waals surface area contributed by atoms with Crippen LogP contribution in [0.5, 0.6) is 0 Å². The van der Waals surface area contributed by atoms with E-state index in [4.69, 9.17) is 0 Å². The Morgan fingerprint density at radius 1 is 0.769 bits per heavy atom. The molecule has 1 fully saturated rings. The molecule has 0 N–H and O–H groups in total. The second kappa shape index (κ2) is 7.25. The van der Waals surface area contributed by atoms with Crippen LogP contribution in [0, 0.1) is 23.3 Å². The second-order valence-corrected chi connectivity index (χ2v) is 6.19. The second-order valence-electron chi connectivity index (χ2n) is 6.19. The molecule has 0 radical (unpaired) electrons. The molecular formula is C20H15F4NO. The number of likely N-dealkylation sites (tertiary alicyclic amines) is 1. The van der Waals surface area contributed by atoms with Gasteiger partial charge in [0.25, 0.3) is 0 Å². The molecule has 2 aromatic carbocycles. The van der Waals surface area contributed by atoms with Crippen molar-refractivity contribution in [3.05, 3.63) is 81.9 Å². The van der Waals surface area contributed by atoms with E-state index >= 15 is 0 Å². The molecular weight excluding hydrogens is 346 g/mol. The van der Waals surface area contributed by atoms with Crippen LogP contribution in [0.25, 0.3) is 12.2 Å². The number of likely N-dealkylation sites (N-methyl/N-ethyl adjacent to an activating group) is 1. The van der Waals surface area contributed by atoms with E-state index in [1.807, 2.05) is 4.90 Å². The molecule has 26 heavy (non-hydrogen) atoms. The summed E-state index contributed by atoms with van der Waals surface area (Å²) in [6.45, 7) is 0.680. The van der Waals surface area contributed by atoms with Gasteiger partial charge in [0.15, 0.2) is 29.1 Å². The third kappa shape index (κ3) is 3.91. The molecule has 0 aromatic heterocycles. The Hall–Kier alpha value is -2.73. The van der Waals surface area contributed by atoms with Crippen LogP contribution in [-0.4, -0.2) is 30.8 Å². The first-order chi connectivity index (χ1) is 12.3. The summed E-state index contributed by atoms with van der Waals surface area (Å²) in [6.07, 6.45) is 3.00. The lowest BCUT2D eigenvalue weighted by atomic mass is 9.94. The summed E-state index contributed by atoms with van der Waals surface area (Å²) in [7, 11) is 1.80.